The number of carbonyl (C=O) groups excluding carboxylic acids is 1. The van der Waals surface area contributed by atoms with Crippen LogP contribution in [0.3, 0.4) is 0 Å². The molecule has 1 saturated carbocycles. The van der Waals surface area contributed by atoms with Crippen molar-refractivity contribution in [1.82, 2.24) is 4.90 Å². The minimum absolute atomic E-state index is 0.0769. The molecule has 0 aromatic rings. The van der Waals surface area contributed by atoms with Crippen LogP contribution in [-0.4, -0.2) is 35.5 Å². The number of nitrogens with zero attached hydrogens (tertiary/aromatic N) is 1. The van der Waals surface area contributed by atoms with Crippen molar-refractivity contribution in [3.63, 3.8) is 0 Å². The summed E-state index contributed by atoms with van der Waals surface area (Å²) in [6, 6.07) is 0. The second kappa shape index (κ2) is 6.59. The number of hydrogen-bond acceptors (Lipinski definition) is 2. The number of aliphatic carboxylic acids is 1. The molecule has 3 unspecified atom stereocenters. The average Bonchev–Trinajstić information content (AvgIpc) is 2.25. The van der Waals surface area contributed by atoms with E-state index in [1.807, 2.05) is 0 Å². The van der Waals surface area contributed by atoms with E-state index in [2.05, 4.69) is 20.8 Å². The molecule has 0 aromatic carbocycles. The molecule has 0 heterocycles. The molecule has 0 bridgehead atoms. The molecule has 3 atom stereocenters. The molecular weight excluding hydrogens is 254 g/mol. The monoisotopic (exact) mass is 283 g/mol. The Hall–Kier alpha value is -1.06. The molecule has 1 N–H and O–H groups in total. The molecule has 116 valence electrons. The second-order valence-corrected chi connectivity index (χ2v) is 7.50. The van der Waals surface area contributed by atoms with Gasteiger partial charge in [0.05, 0.1) is 5.92 Å². The lowest BCUT2D eigenvalue weighted by atomic mass is 9.67. The third kappa shape index (κ3) is 5.14. The maximum absolute atomic E-state index is 12.2. The largest absolute Gasteiger partial charge is 0.481 e. The van der Waals surface area contributed by atoms with E-state index < -0.39 is 11.9 Å². The van der Waals surface area contributed by atoms with Gasteiger partial charge in [0.25, 0.3) is 0 Å². The van der Waals surface area contributed by atoms with Gasteiger partial charge in [-0.2, -0.15) is 0 Å². The van der Waals surface area contributed by atoms with E-state index >= 15 is 0 Å². The molecule has 0 saturated heterocycles. The van der Waals surface area contributed by atoms with Gasteiger partial charge in [0.2, 0.25) is 5.91 Å². The summed E-state index contributed by atoms with van der Waals surface area (Å²) in [4.78, 5) is 24.6. The summed E-state index contributed by atoms with van der Waals surface area (Å²) in [7, 11) is 1.71. The van der Waals surface area contributed by atoms with Crippen molar-refractivity contribution < 1.29 is 14.7 Å². The van der Waals surface area contributed by atoms with Crippen molar-refractivity contribution in [2.45, 2.75) is 53.4 Å². The Bertz CT molecular complexity index is 365. The van der Waals surface area contributed by atoms with Gasteiger partial charge in [-0.1, -0.05) is 27.7 Å². The van der Waals surface area contributed by atoms with Gasteiger partial charge in [-0.15, -0.1) is 0 Å². The molecule has 0 aromatic heterocycles. The number of carboxylic acids is 1. The molecule has 0 radical (unpaired) electrons. The maximum atomic E-state index is 12.2. The van der Waals surface area contributed by atoms with Gasteiger partial charge >= 0.3 is 5.97 Å². The quantitative estimate of drug-likeness (QED) is 0.843. The van der Waals surface area contributed by atoms with Crippen LogP contribution in [-0.2, 0) is 9.59 Å². The molecule has 0 aliphatic heterocycles. The maximum Gasteiger partial charge on any atom is 0.308 e. The molecule has 4 nitrogen and oxygen atoms in total. The minimum Gasteiger partial charge on any atom is -0.481 e. The normalized spacial score (nSPS) is 26.9. The minimum atomic E-state index is -0.850. The lowest BCUT2D eigenvalue weighted by Crippen LogP contribution is -2.36. The van der Waals surface area contributed by atoms with E-state index in [0.29, 0.717) is 30.2 Å². The van der Waals surface area contributed by atoms with E-state index in [1.165, 1.54) is 6.42 Å². The van der Waals surface area contributed by atoms with Crippen molar-refractivity contribution in [1.29, 1.82) is 0 Å². The van der Waals surface area contributed by atoms with E-state index in [-0.39, 0.29) is 5.91 Å². The average molecular weight is 283 g/mol. The van der Waals surface area contributed by atoms with E-state index in [0.717, 1.165) is 12.8 Å². The molecule has 1 aliphatic carbocycles. The standard InChI is InChI=1S/C16H29NO3/c1-11-6-13(9-16(3,4)8-11)7-14(18)17(5)10-12(2)15(19)20/h11-13H,6-10H2,1-5H3,(H,19,20). The fourth-order valence-electron chi connectivity index (χ4n) is 3.69. The van der Waals surface area contributed by atoms with Gasteiger partial charge in [-0.25, -0.2) is 0 Å². The van der Waals surface area contributed by atoms with Crippen LogP contribution < -0.4 is 0 Å². The lowest BCUT2D eigenvalue weighted by molar-refractivity contribution is -0.142. The predicted octanol–water partition coefficient (Wildman–Crippen LogP) is 3.02. The highest BCUT2D eigenvalue weighted by Gasteiger charge is 2.33. The molecular formula is C16H29NO3. The lowest BCUT2D eigenvalue weighted by Gasteiger charge is -2.39. The van der Waals surface area contributed by atoms with Crippen molar-refractivity contribution >= 4 is 11.9 Å². The molecule has 1 rings (SSSR count). The second-order valence-electron chi connectivity index (χ2n) is 7.50. The zero-order valence-corrected chi connectivity index (χ0v) is 13.5. The summed E-state index contributed by atoms with van der Waals surface area (Å²) in [5.74, 6) is -0.181. The highest BCUT2D eigenvalue weighted by molar-refractivity contribution is 5.77. The summed E-state index contributed by atoms with van der Waals surface area (Å²) in [5.41, 5.74) is 0.315. The Kier molecular flexibility index (Phi) is 5.60. The molecule has 1 fully saturated rings. The highest BCUT2D eigenvalue weighted by atomic mass is 16.4. The summed E-state index contributed by atoms with van der Waals surface area (Å²) in [6.45, 7) is 8.74. The molecule has 1 amide bonds. The van der Waals surface area contributed by atoms with Gasteiger partial charge < -0.3 is 10.0 Å². The first-order chi connectivity index (χ1) is 9.10. The highest BCUT2D eigenvalue weighted by Crippen LogP contribution is 2.42. The third-order valence-electron chi connectivity index (χ3n) is 4.34. The van der Waals surface area contributed by atoms with Crippen LogP contribution in [0, 0.1) is 23.2 Å². The number of carbonyl (C=O) groups is 2. The van der Waals surface area contributed by atoms with Crippen LogP contribution >= 0.6 is 0 Å². The Labute approximate surface area is 122 Å². The van der Waals surface area contributed by atoms with Crippen LogP contribution in [0.2, 0.25) is 0 Å². The zero-order valence-electron chi connectivity index (χ0n) is 13.5. The first-order valence-corrected chi connectivity index (χ1v) is 7.57. The Morgan fingerprint density at radius 2 is 1.95 bits per heavy atom. The SMILES string of the molecule is CC1CC(CC(=O)N(C)CC(C)C(=O)O)CC(C)(C)C1. The van der Waals surface area contributed by atoms with Gasteiger partial charge in [0, 0.05) is 20.0 Å². The van der Waals surface area contributed by atoms with E-state index in [1.54, 1.807) is 18.9 Å². The Morgan fingerprint density at radius 1 is 1.35 bits per heavy atom. The first kappa shape index (κ1) is 17.0. The van der Waals surface area contributed by atoms with Crippen LogP contribution in [0.15, 0.2) is 0 Å². The number of amides is 1. The van der Waals surface area contributed by atoms with Gasteiger partial charge in [-0.3, -0.25) is 9.59 Å². The van der Waals surface area contributed by atoms with Crippen LogP contribution in [0.25, 0.3) is 0 Å². The van der Waals surface area contributed by atoms with Crippen molar-refractivity contribution in [3.8, 4) is 0 Å². The summed E-state index contributed by atoms with van der Waals surface area (Å²) >= 11 is 0. The topological polar surface area (TPSA) is 57.6 Å². The Balaban J connectivity index is 2.51. The Morgan fingerprint density at radius 3 is 2.45 bits per heavy atom. The summed E-state index contributed by atoms with van der Waals surface area (Å²) < 4.78 is 0. The smallest absolute Gasteiger partial charge is 0.308 e. The molecule has 1 aliphatic rings. The van der Waals surface area contributed by atoms with Crippen molar-refractivity contribution in [2.24, 2.45) is 23.2 Å². The third-order valence-corrected chi connectivity index (χ3v) is 4.34. The number of hydrogen-bond donors (Lipinski definition) is 1. The van der Waals surface area contributed by atoms with Crippen molar-refractivity contribution in [2.75, 3.05) is 13.6 Å². The van der Waals surface area contributed by atoms with Crippen LogP contribution in [0.5, 0.6) is 0 Å². The summed E-state index contributed by atoms with van der Waals surface area (Å²) in [6.07, 6.45) is 3.98. The molecule has 4 heteroatoms. The predicted molar refractivity (Wildman–Crippen MR) is 79.3 cm³/mol. The fourth-order valence-corrected chi connectivity index (χ4v) is 3.69. The van der Waals surface area contributed by atoms with Gasteiger partial charge in [0.1, 0.15) is 0 Å². The molecule has 0 spiro atoms. The van der Waals surface area contributed by atoms with Gasteiger partial charge in [0.15, 0.2) is 0 Å². The van der Waals surface area contributed by atoms with Gasteiger partial charge in [-0.05, 0) is 36.5 Å². The van der Waals surface area contributed by atoms with Crippen LogP contribution in [0.1, 0.15) is 53.4 Å². The number of carboxylic acid groups (broad SMARTS) is 1. The fraction of sp³-hybridized carbons (Fsp3) is 0.875. The zero-order chi connectivity index (χ0) is 15.5. The van der Waals surface area contributed by atoms with Crippen LogP contribution in [0.4, 0.5) is 0 Å². The van der Waals surface area contributed by atoms with E-state index in [4.69, 9.17) is 5.11 Å². The molecule has 20 heavy (non-hydrogen) atoms. The van der Waals surface area contributed by atoms with E-state index in [9.17, 15) is 9.59 Å². The number of rotatable bonds is 5. The first-order valence-electron chi connectivity index (χ1n) is 7.57. The van der Waals surface area contributed by atoms with Crippen molar-refractivity contribution in [3.05, 3.63) is 0 Å². The summed E-state index contributed by atoms with van der Waals surface area (Å²) in [5, 5.41) is 8.90.